The number of hydrogen-bond acceptors (Lipinski definition) is 6. The van der Waals surface area contributed by atoms with Gasteiger partial charge in [0.1, 0.15) is 9.84 Å². The fraction of sp³-hybridized carbons (Fsp3) is 1.00. The summed E-state index contributed by atoms with van der Waals surface area (Å²) in [4.78, 5) is 0. The molecule has 140 valence electrons. The van der Waals surface area contributed by atoms with Gasteiger partial charge in [0, 0.05) is 38.5 Å². The van der Waals surface area contributed by atoms with E-state index in [9.17, 15) is 8.42 Å². The van der Waals surface area contributed by atoms with Crippen LogP contribution in [0.5, 0.6) is 0 Å². The molecule has 2 heterocycles. The van der Waals surface area contributed by atoms with Crippen molar-refractivity contribution in [2.24, 2.45) is 5.92 Å². The SMILES string of the molecule is CN1CCC(CNC2CCCC(C3CCC(S(C)(=O)=O)CC3)N2)N1. The van der Waals surface area contributed by atoms with Crippen molar-refractivity contribution in [2.75, 3.05) is 26.4 Å². The van der Waals surface area contributed by atoms with Crippen molar-refractivity contribution in [1.29, 1.82) is 0 Å². The Morgan fingerprint density at radius 2 is 1.83 bits per heavy atom. The van der Waals surface area contributed by atoms with Gasteiger partial charge in [0.25, 0.3) is 0 Å². The summed E-state index contributed by atoms with van der Waals surface area (Å²) in [6, 6.07) is 1.10. The molecule has 0 radical (unpaired) electrons. The van der Waals surface area contributed by atoms with Crippen LogP contribution in [-0.2, 0) is 9.84 Å². The van der Waals surface area contributed by atoms with Crippen molar-refractivity contribution in [3.63, 3.8) is 0 Å². The Labute approximate surface area is 147 Å². The summed E-state index contributed by atoms with van der Waals surface area (Å²) in [6.07, 6.45) is 10.5. The first-order valence-corrected chi connectivity index (χ1v) is 11.5. The molecule has 0 amide bonds. The molecule has 2 saturated heterocycles. The average Bonchev–Trinajstić information content (AvgIpc) is 2.98. The highest BCUT2D eigenvalue weighted by atomic mass is 32.2. The number of rotatable bonds is 5. The van der Waals surface area contributed by atoms with Gasteiger partial charge in [0.2, 0.25) is 0 Å². The molecule has 1 aliphatic carbocycles. The van der Waals surface area contributed by atoms with Crippen molar-refractivity contribution in [1.82, 2.24) is 21.1 Å². The Kier molecular flexibility index (Phi) is 6.19. The second-order valence-corrected chi connectivity index (χ2v) is 10.4. The molecule has 3 rings (SSSR count). The van der Waals surface area contributed by atoms with E-state index >= 15 is 0 Å². The Balaban J connectivity index is 1.42. The molecule has 3 unspecified atom stereocenters. The van der Waals surface area contributed by atoms with Crippen molar-refractivity contribution in [2.45, 2.75) is 74.9 Å². The third-order valence-corrected chi connectivity index (χ3v) is 7.83. The minimum absolute atomic E-state index is 0.100. The van der Waals surface area contributed by atoms with E-state index in [1.165, 1.54) is 31.9 Å². The van der Waals surface area contributed by atoms with E-state index in [2.05, 4.69) is 28.1 Å². The molecular weight excluding hydrogens is 324 g/mol. The van der Waals surface area contributed by atoms with Crippen molar-refractivity contribution in [3.8, 4) is 0 Å². The summed E-state index contributed by atoms with van der Waals surface area (Å²) in [6.45, 7) is 2.13. The summed E-state index contributed by atoms with van der Waals surface area (Å²) in [5, 5.41) is 9.57. The van der Waals surface area contributed by atoms with Crippen LogP contribution in [0, 0.1) is 5.92 Å². The lowest BCUT2D eigenvalue weighted by atomic mass is 9.80. The first kappa shape index (κ1) is 18.6. The molecule has 24 heavy (non-hydrogen) atoms. The average molecular weight is 359 g/mol. The summed E-state index contributed by atoms with van der Waals surface area (Å²) in [5.74, 6) is 0.642. The van der Waals surface area contributed by atoms with Gasteiger partial charge in [-0.15, -0.1) is 0 Å². The molecule has 0 aromatic heterocycles. The molecule has 3 fully saturated rings. The van der Waals surface area contributed by atoms with Crippen LogP contribution in [0.2, 0.25) is 0 Å². The molecule has 0 aromatic rings. The zero-order valence-corrected chi connectivity index (χ0v) is 15.9. The molecule has 0 bridgehead atoms. The number of hydrogen-bond donors (Lipinski definition) is 3. The topological polar surface area (TPSA) is 73.5 Å². The summed E-state index contributed by atoms with van der Waals surface area (Å²) in [7, 11) is -0.758. The largest absolute Gasteiger partial charge is 0.300 e. The molecular formula is C17H34N4O2S. The Bertz CT molecular complexity index is 505. The van der Waals surface area contributed by atoms with E-state index in [1.54, 1.807) is 0 Å². The third-order valence-electron chi connectivity index (χ3n) is 6.14. The van der Waals surface area contributed by atoms with E-state index in [0.717, 1.165) is 38.8 Å². The van der Waals surface area contributed by atoms with Gasteiger partial charge in [-0.1, -0.05) is 0 Å². The predicted octanol–water partition coefficient (Wildman–Crippen LogP) is 0.856. The zero-order valence-electron chi connectivity index (χ0n) is 15.1. The van der Waals surface area contributed by atoms with Crippen LogP contribution in [-0.4, -0.2) is 63.3 Å². The molecule has 3 aliphatic rings. The van der Waals surface area contributed by atoms with Crippen molar-refractivity contribution in [3.05, 3.63) is 0 Å². The van der Waals surface area contributed by atoms with Crippen LogP contribution < -0.4 is 16.1 Å². The molecule has 0 aromatic carbocycles. The van der Waals surface area contributed by atoms with E-state index in [4.69, 9.17) is 0 Å². The maximum Gasteiger partial charge on any atom is 0.150 e. The zero-order chi connectivity index (χ0) is 17.2. The van der Waals surface area contributed by atoms with Gasteiger partial charge in [0.15, 0.2) is 0 Å². The van der Waals surface area contributed by atoms with Crippen molar-refractivity contribution < 1.29 is 8.42 Å². The van der Waals surface area contributed by atoms with Crippen LogP contribution in [0.3, 0.4) is 0 Å². The minimum atomic E-state index is -2.86. The van der Waals surface area contributed by atoms with E-state index in [0.29, 0.717) is 24.2 Å². The lowest BCUT2D eigenvalue weighted by molar-refractivity contribution is 0.186. The van der Waals surface area contributed by atoms with Gasteiger partial charge in [-0.05, 0) is 57.3 Å². The number of hydrazine groups is 1. The van der Waals surface area contributed by atoms with Gasteiger partial charge in [-0.2, -0.15) is 0 Å². The molecule has 0 spiro atoms. The second kappa shape index (κ2) is 7.99. The first-order valence-electron chi connectivity index (χ1n) is 9.57. The minimum Gasteiger partial charge on any atom is -0.300 e. The van der Waals surface area contributed by atoms with Gasteiger partial charge in [0.05, 0.1) is 11.4 Å². The van der Waals surface area contributed by atoms with Gasteiger partial charge >= 0.3 is 0 Å². The number of nitrogens with zero attached hydrogens (tertiary/aromatic N) is 1. The highest BCUT2D eigenvalue weighted by molar-refractivity contribution is 7.91. The normalized spacial score (nSPS) is 39.2. The van der Waals surface area contributed by atoms with Crippen LogP contribution in [0.4, 0.5) is 0 Å². The Morgan fingerprint density at radius 1 is 1.08 bits per heavy atom. The Hall–Kier alpha value is -0.210. The molecule has 1 saturated carbocycles. The standard InChI is InChI=1S/C17H34N4O2S/c1-21-11-10-14(20-21)12-18-17-5-3-4-16(19-17)13-6-8-15(9-7-13)24(2,22)23/h13-20H,3-12H2,1-2H3. The molecule has 2 aliphatic heterocycles. The fourth-order valence-corrected chi connectivity index (χ4v) is 5.77. The van der Waals surface area contributed by atoms with Gasteiger partial charge < -0.3 is 5.32 Å². The van der Waals surface area contributed by atoms with Crippen molar-refractivity contribution >= 4 is 9.84 Å². The lowest BCUT2D eigenvalue weighted by Crippen LogP contribution is -2.55. The maximum absolute atomic E-state index is 11.7. The van der Waals surface area contributed by atoms with Crippen LogP contribution in [0.25, 0.3) is 0 Å². The van der Waals surface area contributed by atoms with E-state index < -0.39 is 9.84 Å². The lowest BCUT2D eigenvalue weighted by Gasteiger charge is -2.39. The van der Waals surface area contributed by atoms with Gasteiger partial charge in [-0.25, -0.2) is 13.4 Å². The van der Waals surface area contributed by atoms with E-state index in [1.807, 2.05) is 0 Å². The van der Waals surface area contributed by atoms with Gasteiger partial charge in [-0.3, -0.25) is 10.7 Å². The number of piperidine rings is 1. The molecule has 6 nitrogen and oxygen atoms in total. The number of sulfone groups is 1. The van der Waals surface area contributed by atoms with Crippen LogP contribution in [0.1, 0.15) is 51.4 Å². The van der Waals surface area contributed by atoms with E-state index in [-0.39, 0.29) is 5.25 Å². The Morgan fingerprint density at radius 3 is 2.46 bits per heavy atom. The third kappa shape index (κ3) is 4.91. The molecule has 3 N–H and O–H groups in total. The fourth-order valence-electron chi connectivity index (χ4n) is 4.64. The summed E-state index contributed by atoms with van der Waals surface area (Å²) < 4.78 is 23.4. The summed E-state index contributed by atoms with van der Waals surface area (Å²) in [5.41, 5.74) is 3.47. The molecule has 3 atom stereocenters. The number of nitrogens with one attached hydrogen (secondary N) is 3. The summed E-state index contributed by atoms with van der Waals surface area (Å²) >= 11 is 0. The monoisotopic (exact) mass is 358 g/mol. The second-order valence-electron chi connectivity index (χ2n) is 8.07. The predicted molar refractivity (Wildman–Crippen MR) is 97.3 cm³/mol. The highest BCUT2D eigenvalue weighted by Crippen LogP contribution is 2.33. The molecule has 7 heteroatoms. The smallest absolute Gasteiger partial charge is 0.150 e. The van der Waals surface area contributed by atoms with Crippen LogP contribution >= 0.6 is 0 Å². The highest BCUT2D eigenvalue weighted by Gasteiger charge is 2.34. The quantitative estimate of drug-likeness (QED) is 0.677. The first-order chi connectivity index (χ1) is 11.4. The van der Waals surface area contributed by atoms with Crippen LogP contribution in [0.15, 0.2) is 0 Å². The maximum atomic E-state index is 11.7.